The van der Waals surface area contributed by atoms with Crippen LogP contribution in [0.1, 0.15) is 25.0 Å². The Labute approximate surface area is 151 Å². The topological polar surface area (TPSA) is 70.4 Å². The van der Waals surface area contributed by atoms with Gasteiger partial charge in [0.1, 0.15) is 0 Å². The minimum absolute atomic E-state index is 0.0686. The molecule has 0 saturated carbocycles. The van der Waals surface area contributed by atoms with Crippen LogP contribution in [0.4, 0.5) is 0 Å². The van der Waals surface area contributed by atoms with E-state index in [2.05, 4.69) is 15.3 Å². The van der Waals surface area contributed by atoms with Crippen LogP contribution in [0.3, 0.4) is 0 Å². The number of nitrogens with zero attached hydrogens (tertiary/aromatic N) is 3. The second-order valence-corrected chi connectivity index (χ2v) is 7.68. The Balaban J connectivity index is 1.63. The quantitative estimate of drug-likeness (QED) is 0.876. The van der Waals surface area contributed by atoms with Crippen molar-refractivity contribution in [1.29, 1.82) is 0 Å². The number of aliphatic carboxylic acids is 1. The zero-order chi connectivity index (χ0) is 17.6. The zero-order valence-electron chi connectivity index (χ0n) is 14.3. The summed E-state index contributed by atoms with van der Waals surface area (Å²) in [4.78, 5) is 14.3. The van der Waals surface area contributed by atoms with E-state index < -0.39 is 11.4 Å². The third-order valence-electron chi connectivity index (χ3n) is 5.80. The van der Waals surface area contributed by atoms with Gasteiger partial charge in [-0.25, -0.2) is 0 Å². The number of nitrogens with one attached hydrogen (secondary N) is 1. The molecule has 6 nitrogen and oxygen atoms in total. The predicted molar refractivity (Wildman–Crippen MR) is 96.7 cm³/mol. The molecule has 2 aliphatic heterocycles. The van der Waals surface area contributed by atoms with E-state index >= 15 is 0 Å². The summed E-state index contributed by atoms with van der Waals surface area (Å²) in [5.41, 5.74) is 1.24. The molecule has 2 N–H and O–H groups in total. The lowest BCUT2D eigenvalue weighted by molar-refractivity contribution is -0.157. The number of fused-ring (bicyclic) bond motifs is 2. The highest BCUT2D eigenvalue weighted by atomic mass is 35.5. The summed E-state index contributed by atoms with van der Waals surface area (Å²) >= 11 is 6.41. The molecule has 2 saturated heterocycles. The maximum Gasteiger partial charge on any atom is 0.312 e. The van der Waals surface area contributed by atoms with Gasteiger partial charge in [0.25, 0.3) is 0 Å². The fraction of sp³-hybridized carbons (Fsp3) is 0.556. The number of carbonyl (C=O) groups is 1. The van der Waals surface area contributed by atoms with Gasteiger partial charge in [-0.05, 0) is 37.9 Å². The minimum Gasteiger partial charge on any atom is -0.481 e. The lowest BCUT2D eigenvalue weighted by Gasteiger charge is -2.48. The third kappa shape index (κ3) is 2.72. The van der Waals surface area contributed by atoms with Gasteiger partial charge in [-0.3, -0.25) is 14.4 Å². The lowest BCUT2D eigenvalue weighted by atomic mass is 9.70. The summed E-state index contributed by atoms with van der Waals surface area (Å²) < 4.78 is 1.85. The molecule has 7 heteroatoms. The normalized spacial score (nSPS) is 27.4. The van der Waals surface area contributed by atoms with Crippen molar-refractivity contribution in [3.8, 4) is 0 Å². The summed E-state index contributed by atoms with van der Waals surface area (Å²) in [5, 5.41) is 19.7. The zero-order valence-corrected chi connectivity index (χ0v) is 15.1. The SMILES string of the molecule is Cn1nc(CN2CC[C@@H]3NCCC[C@@]3(C(=O)O)C2)c2c(Cl)cccc21. The van der Waals surface area contributed by atoms with Gasteiger partial charge < -0.3 is 10.4 Å². The largest absolute Gasteiger partial charge is 0.481 e. The number of aryl methyl sites for hydroxylation is 1. The van der Waals surface area contributed by atoms with Crippen molar-refractivity contribution in [2.75, 3.05) is 19.6 Å². The summed E-state index contributed by atoms with van der Waals surface area (Å²) in [5.74, 6) is -0.682. The first-order valence-electron chi connectivity index (χ1n) is 8.80. The van der Waals surface area contributed by atoms with Crippen LogP contribution >= 0.6 is 11.6 Å². The molecule has 1 aromatic heterocycles. The molecule has 0 bridgehead atoms. The van der Waals surface area contributed by atoms with E-state index in [-0.39, 0.29) is 6.04 Å². The average molecular weight is 363 g/mol. The molecular weight excluding hydrogens is 340 g/mol. The highest BCUT2D eigenvalue weighted by Gasteiger charge is 2.50. The van der Waals surface area contributed by atoms with Crippen molar-refractivity contribution in [2.45, 2.75) is 31.8 Å². The standard InChI is InChI=1S/C18H23ClN4O2/c1-22-14-5-2-4-12(19)16(14)13(21-22)10-23-9-6-15-18(11-23,17(24)25)7-3-8-20-15/h2,4-5,15,20H,3,6-11H2,1H3,(H,24,25)/t15-,18+/m0/s1. The number of hydrogen-bond donors (Lipinski definition) is 2. The van der Waals surface area contributed by atoms with Crippen LogP contribution in [-0.4, -0.2) is 51.4 Å². The van der Waals surface area contributed by atoms with Crippen LogP contribution in [-0.2, 0) is 18.4 Å². The molecule has 0 unspecified atom stereocenters. The van der Waals surface area contributed by atoms with Crippen molar-refractivity contribution < 1.29 is 9.90 Å². The molecule has 1 aromatic carbocycles. The number of carboxylic acids is 1. The summed E-state index contributed by atoms with van der Waals surface area (Å²) in [6, 6.07) is 5.88. The Kier molecular flexibility index (Phi) is 4.22. The predicted octanol–water partition coefficient (Wildman–Crippen LogP) is 2.26. The van der Waals surface area contributed by atoms with Gasteiger partial charge >= 0.3 is 5.97 Å². The van der Waals surface area contributed by atoms with Gasteiger partial charge in [-0.1, -0.05) is 17.7 Å². The fourth-order valence-electron chi connectivity index (χ4n) is 4.54. The molecule has 3 heterocycles. The van der Waals surface area contributed by atoms with E-state index in [0.717, 1.165) is 48.9 Å². The Hall–Kier alpha value is -1.63. The van der Waals surface area contributed by atoms with Crippen LogP contribution < -0.4 is 5.32 Å². The maximum atomic E-state index is 12.1. The third-order valence-corrected chi connectivity index (χ3v) is 6.11. The van der Waals surface area contributed by atoms with E-state index in [1.54, 1.807) is 0 Å². The molecule has 0 aliphatic carbocycles. The van der Waals surface area contributed by atoms with Crippen LogP contribution in [0, 0.1) is 5.41 Å². The lowest BCUT2D eigenvalue weighted by Crippen LogP contribution is -2.62. The molecule has 2 atom stereocenters. The van der Waals surface area contributed by atoms with Crippen LogP contribution in [0.25, 0.3) is 10.9 Å². The minimum atomic E-state index is -0.690. The monoisotopic (exact) mass is 362 g/mol. The van der Waals surface area contributed by atoms with Crippen molar-refractivity contribution >= 4 is 28.5 Å². The van der Waals surface area contributed by atoms with Gasteiger partial charge in [-0.15, -0.1) is 0 Å². The van der Waals surface area contributed by atoms with Gasteiger partial charge in [0.2, 0.25) is 0 Å². The van der Waals surface area contributed by atoms with Gasteiger partial charge in [0, 0.05) is 38.1 Å². The molecule has 2 fully saturated rings. The number of halogens is 1. The number of hydrogen-bond acceptors (Lipinski definition) is 4. The highest BCUT2D eigenvalue weighted by Crippen LogP contribution is 2.38. The van der Waals surface area contributed by atoms with E-state index in [4.69, 9.17) is 11.6 Å². The maximum absolute atomic E-state index is 12.1. The number of benzene rings is 1. The van der Waals surface area contributed by atoms with Crippen LogP contribution in [0.15, 0.2) is 18.2 Å². The van der Waals surface area contributed by atoms with Crippen LogP contribution in [0.2, 0.25) is 5.02 Å². The van der Waals surface area contributed by atoms with E-state index in [1.807, 2.05) is 29.9 Å². The highest BCUT2D eigenvalue weighted by molar-refractivity contribution is 6.35. The molecule has 0 spiro atoms. The second kappa shape index (κ2) is 6.27. The van der Waals surface area contributed by atoms with Gasteiger partial charge in [-0.2, -0.15) is 5.10 Å². The fourth-order valence-corrected chi connectivity index (χ4v) is 4.82. The number of aromatic nitrogens is 2. The van der Waals surface area contributed by atoms with Gasteiger partial charge in [0.15, 0.2) is 0 Å². The molecule has 134 valence electrons. The number of carboxylic acid groups (broad SMARTS) is 1. The molecule has 4 rings (SSSR count). The summed E-state index contributed by atoms with van der Waals surface area (Å²) in [6.07, 6.45) is 2.50. The Morgan fingerprint density at radius 2 is 2.36 bits per heavy atom. The summed E-state index contributed by atoms with van der Waals surface area (Å²) in [6.45, 7) is 2.97. The van der Waals surface area contributed by atoms with Crippen molar-refractivity contribution in [3.63, 3.8) is 0 Å². The number of likely N-dealkylation sites (tertiary alicyclic amines) is 1. The Morgan fingerprint density at radius 1 is 1.52 bits per heavy atom. The van der Waals surface area contributed by atoms with E-state index in [9.17, 15) is 9.90 Å². The first-order valence-corrected chi connectivity index (χ1v) is 9.18. The Morgan fingerprint density at radius 3 is 3.16 bits per heavy atom. The summed E-state index contributed by atoms with van der Waals surface area (Å²) in [7, 11) is 1.91. The average Bonchev–Trinajstić information content (AvgIpc) is 2.91. The molecule has 0 radical (unpaired) electrons. The van der Waals surface area contributed by atoms with Crippen molar-refractivity contribution in [1.82, 2.24) is 20.0 Å². The smallest absolute Gasteiger partial charge is 0.312 e. The van der Waals surface area contributed by atoms with Crippen molar-refractivity contribution in [3.05, 3.63) is 28.9 Å². The first kappa shape index (κ1) is 16.8. The van der Waals surface area contributed by atoms with Crippen molar-refractivity contribution in [2.24, 2.45) is 12.5 Å². The number of rotatable bonds is 3. The molecule has 2 aliphatic rings. The van der Waals surface area contributed by atoms with Crippen LogP contribution in [0.5, 0.6) is 0 Å². The van der Waals surface area contributed by atoms with E-state index in [1.165, 1.54) is 0 Å². The van der Waals surface area contributed by atoms with E-state index in [0.29, 0.717) is 18.1 Å². The molecular formula is C18H23ClN4O2. The molecule has 2 aromatic rings. The molecule has 0 amide bonds. The van der Waals surface area contributed by atoms with Gasteiger partial charge in [0.05, 0.1) is 21.6 Å². The first-order chi connectivity index (χ1) is 12.0. The molecule has 25 heavy (non-hydrogen) atoms. The number of piperidine rings is 2. The second-order valence-electron chi connectivity index (χ2n) is 7.28. The Bertz CT molecular complexity index is 821.